The van der Waals surface area contributed by atoms with E-state index >= 15 is 0 Å². The van der Waals surface area contributed by atoms with Crippen molar-refractivity contribution in [3.8, 4) is 0 Å². The number of fused-ring (bicyclic) bond motifs is 5. The summed E-state index contributed by atoms with van der Waals surface area (Å²) in [5.74, 6) is 5.40. The van der Waals surface area contributed by atoms with Gasteiger partial charge in [0, 0.05) is 0 Å². The fraction of sp³-hybridized carbons (Fsp3) is 0.895. The van der Waals surface area contributed by atoms with Crippen LogP contribution >= 0.6 is 0 Å². The van der Waals surface area contributed by atoms with Crippen LogP contribution in [0.15, 0.2) is 11.6 Å². The van der Waals surface area contributed by atoms with Gasteiger partial charge in [0.25, 0.3) is 0 Å². The highest BCUT2D eigenvalue weighted by Gasteiger charge is 2.47. The minimum atomic E-state index is 0.623. The number of hydrogen-bond donors (Lipinski definition) is 0. The first-order chi connectivity index (χ1) is 9.74. The van der Waals surface area contributed by atoms with Gasteiger partial charge in [-0.25, -0.2) is 0 Å². The summed E-state index contributed by atoms with van der Waals surface area (Å²) >= 11 is 0. The molecule has 1 aliphatic heterocycles. The van der Waals surface area contributed by atoms with Crippen molar-refractivity contribution in [2.75, 3.05) is 6.61 Å². The van der Waals surface area contributed by atoms with E-state index in [0.717, 1.165) is 42.1 Å². The molecular weight excluding hydrogens is 244 g/mol. The molecule has 1 nitrogen and oxygen atoms in total. The summed E-state index contributed by atoms with van der Waals surface area (Å²) < 4.78 is 6.27. The lowest BCUT2D eigenvalue weighted by Gasteiger charge is -2.49. The predicted molar refractivity (Wildman–Crippen MR) is 82.4 cm³/mol. The van der Waals surface area contributed by atoms with Crippen molar-refractivity contribution in [3.63, 3.8) is 0 Å². The molecular formula is C19H30O. The molecule has 0 spiro atoms. The number of hydrogen-bond acceptors (Lipinski definition) is 1. The third-order valence-corrected chi connectivity index (χ3v) is 7.04. The largest absolute Gasteiger partial charge is 0.378 e. The Morgan fingerprint density at radius 2 is 1.95 bits per heavy atom. The highest BCUT2D eigenvalue weighted by Crippen LogP contribution is 2.53. The van der Waals surface area contributed by atoms with Gasteiger partial charge in [-0.15, -0.1) is 0 Å². The van der Waals surface area contributed by atoms with Crippen LogP contribution < -0.4 is 0 Å². The molecule has 20 heavy (non-hydrogen) atoms. The predicted octanol–water partition coefficient (Wildman–Crippen LogP) is 4.82. The van der Waals surface area contributed by atoms with Gasteiger partial charge in [0.2, 0.25) is 0 Å². The van der Waals surface area contributed by atoms with Gasteiger partial charge >= 0.3 is 0 Å². The zero-order chi connectivity index (χ0) is 13.7. The van der Waals surface area contributed by atoms with Crippen LogP contribution in [-0.4, -0.2) is 12.7 Å². The molecule has 0 radical (unpaired) electrons. The summed E-state index contributed by atoms with van der Waals surface area (Å²) in [6.45, 7) is 5.88. The SMILES string of the molecule is CC(C)C1CCC2C(=CCC3C4CCCC4OCC23)C1. The topological polar surface area (TPSA) is 9.23 Å². The first kappa shape index (κ1) is 13.4. The van der Waals surface area contributed by atoms with Crippen LogP contribution in [0.3, 0.4) is 0 Å². The molecule has 2 saturated carbocycles. The van der Waals surface area contributed by atoms with Gasteiger partial charge in [0.15, 0.2) is 0 Å². The molecule has 3 fully saturated rings. The maximum Gasteiger partial charge on any atom is 0.0606 e. The molecule has 0 amide bonds. The van der Waals surface area contributed by atoms with E-state index in [1.165, 1.54) is 44.9 Å². The van der Waals surface area contributed by atoms with E-state index in [4.69, 9.17) is 4.74 Å². The zero-order valence-corrected chi connectivity index (χ0v) is 13.2. The molecule has 0 aromatic rings. The van der Waals surface area contributed by atoms with Gasteiger partial charge in [0.1, 0.15) is 0 Å². The molecule has 4 aliphatic rings. The van der Waals surface area contributed by atoms with Gasteiger partial charge in [-0.05, 0) is 74.0 Å². The lowest BCUT2D eigenvalue weighted by Crippen LogP contribution is -2.45. The van der Waals surface area contributed by atoms with Gasteiger partial charge in [-0.3, -0.25) is 0 Å². The second kappa shape index (κ2) is 5.16. The molecule has 6 unspecified atom stereocenters. The van der Waals surface area contributed by atoms with Crippen molar-refractivity contribution in [2.24, 2.45) is 35.5 Å². The van der Waals surface area contributed by atoms with E-state index in [2.05, 4.69) is 19.9 Å². The maximum absolute atomic E-state index is 6.27. The van der Waals surface area contributed by atoms with Gasteiger partial charge in [-0.2, -0.15) is 0 Å². The molecule has 0 aromatic heterocycles. The summed E-state index contributed by atoms with van der Waals surface area (Å²) in [6.07, 6.45) is 13.1. The van der Waals surface area contributed by atoms with Crippen molar-refractivity contribution in [1.82, 2.24) is 0 Å². The van der Waals surface area contributed by atoms with Gasteiger partial charge < -0.3 is 4.74 Å². The van der Waals surface area contributed by atoms with Crippen LogP contribution in [0.4, 0.5) is 0 Å². The summed E-state index contributed by atoms with van der Waals surface area (Å²) in [6, 6.07) is 0. The standard InChI is InChI=1S/C19H30O/c1-12(2)13-6-8-15-14(10-13)7-9-16-17-4-3-5-19(17)20-11-18(15)16/h7,12-13,15-19H,3-6,8-11H2,1-2H3. The Hall–Kier alpha value is -0.300. The quantitative estimate of drug-likeness (QED) is 0.623. The minimum Gasteiger partial charge on any atom is -0.378 e. The van der Waals surface area contributed by atoms with Gasteiger partial charge in [0.05, 0.1) is 12.7 Å². The average molecular weight is 274 g/mol. The van der Waals surface area contributed by atoms with E-state index in [1.54, 1.807) is 0 Å². The Balaban J connectivity index is 1.54. The van der Waals surface area contributed by atoms with E-state index in [1.807, 2.05) is 5.57 Å². The highest BCUT2D eigenvalue weighted by atomic mass is 16.5. The van der Waals surface area contributed by atoms with E-state index < -0.39 is 0 Å². The number of rotatable bonds is 1. The summed E-state index contributed by atoms with van der Waals surface area (Å²) in [7, 11) is 0. The van der Waals surface area contributed by atoms with Crippen LogP contribution in [0.25, 0.3) is 0 Å². The smallest absolute Gasteiger partial charge is 0.0606 e. The lowest BCUT2D eigenvalue weighted by atomic mass is 9.60. The van der Waals surface area contributed by atoms with Crippen LogP contribution in [0, 0.1) is 35.5 Å². The monoisotopic (exact) mass is 274 g/mol. The average Bonchev–Trinajstić information content (AvgIpc) is 2.94. The Morgan fingerprint density at radius 1 is 1.05 bits per heavy atom. The van der Waals surface area contributed by atoms with Crippen molar-refractivity contribution in [1.29, 1.82) is 0 Å². The van der Waals surface area contributed by atoms with E-state index in [-0.39, 0.29) is 0 Å². The third-order valence-electron chi connectivity index (χ3n) is 7.04. The molecule has 0 aromatic carbocycles. The Bertz CT molecular complexity index is 397. The van der Waals surface area contributed by atoms with E-state index in [0.29, 0.717) is 6.10 Å². The molecule has 0 bridgehead atoms. The first-order valence-corrected chi connectivity index (χ1v) is 9.04. The fourth-order valence-electron chi connectivity index (χ4n) is 5.81. The zero-order valence-electron chi connectivity index (χ0n) is 13.2. The van der Waals surface area contributed by atoms with Crippen molar-refractivity contribution >= 4 is 0 Å². The summed E-state index contributed by atoms with van der Waals surface area (Å²) in [4.78, 5) is 0. The Labute approximate surface area is 124 Å². The van der Waals surface area contributed by atoms with E-state index in [9.17, 15) is 0 Å². The van der Waals surface area contributed by atoms with Crippen molar-refractivity contribution < 1.29 is 4.74 Å². The van der Waals surface area contributed by atoms with Crippen molar-refractivity contribution in [3.05, 3.63) is 11.6 Å². The number of allylic oxidation sites excluding steroid dienone is 2. The molecule has 3 aliphatic carbocycles. The van der Waals surface area contributed by atoms with Crippen LogP contribution in [0.1, 0.15) is 58.8 Å². The molecule has 1 saturated heterocycles. The molecule has 112 valence electrons. The van der Waals surface area contributed by atoms with Gasteiger partial charge in [-0.1, -0.05) is 31.9 Å². The molecule has 1 heterocycles. The van der Waals surface area contributed by atoms with Crippen molar-refractivity contribution in [2.45, 2.75) is 64.9 Å². The van der Waals surface area contributed by atoms with Crippen LogP contribution in [0.5, 0.6) is 0 Å². The minimum absolute atomic E-state index is 0.623. The normalized spacial score (nSPS) is 47.5. The fourth-order valence-corrected chi connectivity index (χ4v) is 5.81. The molecule has 0 N–H and O–H groups in total. The third kappa shape index (κ3) is 2.08. The summed E-state index contributed by atoms with van der Waals surface area (Å²) in [5.41, 5.74) is 1.82. The van der Waals surface area contributed by atoms with Crippen LogP contribution in [-0.2, 0) is 4.74 Å². The molecule has 6 atom stereocenters. The first-order valence-electron chi connectivity index (χ1n) is 9.04. The molecule has 4 rings (SSSR count). The Kier molecular flexibility index (Phi) is 3.45. The molecule has 1 heteroatoms. The number of ether oxygens (including phenoxy) is 1. The second-order valence-corrected chi connectivity index (χ2v) is 8.20. The maximum atomic E-state index is 6.27. The summed E-state index contributed by atoms with van der Waals surface area (Å²) in [5, 5.41) is 0. The van der Waals surface area contributed by atoms with Crippen LogP contribution in [0.2, 0.25) is 0 Å². The lowest BCUT2D eigenvalue weighted by molar-refractivity contribution is -0.0957. The highest BCUT2D eigenvalue weighted by molar-refractivity contribution is 5.18. The Morgan fingerprint density at radius 3 is 2.80 bits per heavy atom. The second-order valence-electron chi connectivity index (χ2n) is 8.20.